The van der Waals surface area contributed by atoms with Gasteiger partial charge in [0.1, 0.15) is 17.9 Å². The maximum Gasteiger partial charge on any atom is 0.249 e. The van der Waals surface area contributed by atoms with Gasteiger partial charge in [-0.15, -0.1) is 0 Å². The number of rotatable bonds is 14. The summed E-state index contributed by atoms with van der Waals surface area (Å²) in [7, 11) is 1.65. The highest BCUT2D eigenvalue weighted by atomic mass is 19.1. The number of nitrogens with one attached hydrogen (secondary N) is 3. The third-order valence-electron chi connectivity index (χ3n) is 7.43. The van der Waals surface area contributed by atoms with Gasteiger partial charge in [0.25, 0.3) is 0 Å². The van der Waals surface area contributed by atoms with Crippen molar-refractivity contribution in [1.82, 2.24) is 25.8 Å². The van der Waals surface area contributed by atoms with Gasteiger partial charge in [0, 0.05) is 32.0 Å². The standard InChI is InChI=1S/C33H44FN5O5/c1-23(35-5)30(41)37-29(33(2,3)4)31(42)36-21-28(40)39-18-17-38(16-14-24-12-9-13-26(34)20-24)32(43)27(39)15-19-44-22-25-10-7-6-8-11-25/h6-13,17-18,20,23,27,29,35H,14-16,19,21-22H2,1-5H3,(H,36,42)(H,37,41)/t23-,27-,29+/m0/s1. The quantitative estimate of drug-likeness (QED) is 0.284. The molecule has 44 heavy (non-hydrogen) atoms. The Morgan fingerprint density at radius 3 is 2.36 bits per heavy atom. The van der Waals surface area contributed by atoms with E-state index in [0.717, 1.165) is 11.1 Å². The van der Waals surface area contributed by atoms with Crippen molar-refractivity contribution in [3.63, 3.8) is 0 Å². The van der Waals surface area contributed by atoms with Crippen LogP contribution in [0.25, 0.3) is 0 Å². The second-order valence-corrected chi connectivity index (χ2v) is 11.9. The van der Waals surface area contributed by atoms with E-state index in [1.54, 1.807) is 26.1 Å². The van der Waals surface area contributed by atoms with E-state index in [1.165, 1.54) is 34.3 Å². The maximum absolute atomic E-state index is 13.7. The Kier molecular flexibility index (Phi) is 12.6. The molecule has 3 atom stereocenters. The molecule has 2 aromatic carbocycles. The molecule has 1 aliphatic rings. The van der Waals surface area contributed by atoms with Gasteiger partial charge in [0.05, 0.1) is 19.2 Å². The van der Waals surface area contributed by atoms with Gasteiger partial charge in [-0.3, -0.25) is 19.2 Å². The fourth-order valence-electron chi connectivity index (χ4n) is 4.68. The monoisotopic (exact) mass is 609 g/mol. The first-order valence-electron chi connectivity index (χ1n) is 14.8. The lowest BCUT2D eigenvalue weighted by Crippen LogP contribution is -2.58. The van der Waals surface area contributed by atoms with Crippen LogP contribution in [0.5, 0.6) is 0 Å². The lowest BCUT2D eigenvalue weighted by Gasteiger charge is -2.36. The topological polar surface area (TPSA) is 120 Å². The Morgan fingerprint density at radius 1 is 1.00 bits per heavy atom. The SMILES string of the molecule is CN[C@@H](C)C(=O)N[C@H](C(=O)NCC(=O)N1C=CN(CCc2cccc(F)c2)C(=O)[C@@H]1CCOCc1ccccc1)C(C)(C)C. The zero-order valence-electron chi connectivity index (χ0n) is 26.1. The van der Waals surface area contributed by atoms with Gasteiger partial charge in [-0.1, -0.05) is 63.2 Å². The van der Waals surface area contributed by atoms with Gasteiger partial charge >= 0.3 is 0 Å². The molecule has 0 bridgehead atoms. The summed E-state index contributed by atoms with van der Waals surface area (Å²) in [5.74, 6) is -1.97. The molecule has 0 spiro atoms. The predicted octanol–water partition coefficient (Wildman–Crippen LogP) is 2.74. The fraction of sp³-hybridized carbons (Fsp3) is 0.455. The van der Waals surface area contributed by atoms with Crippen molar-refractivity contribution in [2.75, 3.05) is 26.7 Å². The zero-order valence-corrected chi connectivity index (χ0v) is 26.1. The van der Waals surface area contributed by atoms with Gasteiger partial charge < -0.3 is 30.5 Å². The van der Waals surface area contributed by atoms with E-state index < -0.39 is 35.4 Å². The molecule has 3 N–H and O–H groups in total. The molecule has 0 aromatic heterocycles. The largest absolute Gasteiger partial charge is 0.377 e. The molecule has 0 radical (unpaired) electrons. The van der Waals surface area contributed by atoms with Crippen molar-refractivity contribution in [3.05, 3.63) is 83.9 Å². The smallest absolute Gasteiger partial charge is 0.249 e. The van der Waals surface area contributed by atoms with E-state index in [1.807, 2.05) is 51.1 Å². The maximum atomic E-state index is 13.7. The number of likely N-dealkylation sites (N-methyl/N-ethyl adjacent to an activating group) is 1. The van der Waals surface area contributed by atoms with Crippen molar-refractivity contribution in [1.29, 1.82) is 0 Å². The Hall–Kier alpha value is -4.09. The lowest BCUT2D eigenvalue weighted by molar-refractivity contribution is -0.144. The van der Waals surface area contributed by atoms with Crippen LogP contribution in [0.1, 0.15) is 45.2 Å². The van der Waals surface area contributed by atoms with Crippen molar-refractivity contribution in [2.24, 2.45) is 5.41 Å². The van der Waals surface area contributed by atoms with Crippen molar-refractivity contribution >= 4 is 23.6 Å². The number of carbonyl (C=O) groups is 4. The minimum atomic E-state index is -0.891. The molecule has 0 saturated carbocycles. The number of hydrogen-bond acceptors (Lipinski definition) is 6. The summed E-state index contributed by atoms with van der Waals surface area (Å²) < 4.78 is 19.5. The summed E-state index contributed by atoms with van der Waals surface area (Å²) in [4.78, 5) is 55.5. The number of benzene rings is 2. The van der Waals surface area contributed by atoms with E-state index in [9.17, 15) is 23.6 Å². The minimum absolute atomic E-state index is 0.217. The number of hydrogen-bond donors (Lipinski definition) is 3. The van der Waals surface area contributed by atoms with E-state index in [-0.39, 0.29) is 37.2 Å². The molecule has 11 heteroatoms. The summed E-state index contributed by atoms with van der Waals surface area (Å²) in [6.07, 6.45) is 3.72. The zero-order chi connectivity index (χ0) is 32.3. The molecule has 10 nitrogen and oxygen atoms in total. The van der Waals surface area contributed by atoms with Gasteiger partial charge in [0.15, 0.2) is 0 Å². The van der Waals surface area contributed by atoms with Crippen LogP contribution in [0.3, 0.4) is 0 Å². The first kappa shape index (κ1) is 34.4. The van der Waals surface area contributed by atoms with Crippen molar-refractivity contribution in [2.45, 2.75) is 65.3 Å². The molecular weight excluding hydrogens is 565 g/mol. The number of amides is 4. The van der Waals surface area contributed by atoms with Gasteiger partial charge in [-0.25, -0.2) is 4.39 Å². The Balaban J connectivity index is 1.69. The Labute approximate surface area is 259 Å². The highest BCUT2D eigenvalue weighted by Gasteiger charge is 2.36. The first-order chi connectivity index (χ1) is 20.9. The number of ether oxygens (including phenoxy) is 1. The second-order valence-electron chi connectivity index (χ2n) is 11.9. The van der Waals surface area contributed by atoms with Crippen LogP contribution in [0.4, 0.5) is 4.39 Å². The minimum Gasteiger partial charge on any atom is -0.377 e. The molecule has 1 aliphatic heterocycles. The number of halogens is 1. The molecule has 0 saturated heterocycles. The van der Waals surface area contributed by atoms with Crippen LogP contribution in [-0.2, 0) is 36.9 Å². The van der Waals surface area contributed by atoms with E-state index in [4.69, 9.17) is 4.74 Å². The molecule has 3 rings (SSSR count). The number of carbonyl (C=O) groups excluding carboxylic acids is 4. The first-order valence-corrected chi connectivity index (χ1v) is 14.8. The summed E-state index contributed by atoms with van der Waals surface area (Å²) >= 11 is 0. The molecule has 0 aliphatic carbocycles. The second kappa shape index (κ2) is 16.1. The molecule has 0 unspecified atom stereocenters. The molecule has 2 aromatic rings. The van der Waals surface area contributed by atoms with Gasteiger partial charge in [-0.2, -0.15) is 0 Å². The van der Waals surface area contributed by atoms with Crippen LogP contribution in [0.2, 0.25) is 0 Å². The fourth-order valence-corrected chi connectivity index (χ4v) is 4.68. The molecule has 238 valence electrons. The predicted molar refractivity (Wildman–Crippen MR) is 165 cm³/mol. The molecule has 1 heterocycles. The van der Waals surface area contributed by atoms with E-state index in [2.05, 4.69) is 16.0 Å². The van der Waals surface area contributed by atoms with E-state index >= 15 is 0 Å². The van der Waals surface area contributed by atoms with Crippen LogP contribution in [0.15, 0.2) is 67.0 Å². The van der Waals surface area contributed by atoms with Crippen molar-refractivity contribution in [3.8, 4) is 0 Å². The Morgan fingerprint density at radius 2 is 1.70 bits per heavy atom. The third kappa shape index (κ3) is 9.99. The summed E-state index contributed by atoms with van der Waals surface area (Å²) in [6.45, 7) is 7.65. The van der Waals surface area contributed by atoms with Gasteiger partial charge in [-0.05, 0) is 49.1 Å². The number of nitrogens with zero attached hydrogens (tertiary/aromatic N) is 2. The highest BCUT2D eigenvalue weighted by Crippen LogP contribution is 2.21. The summed E-state index contributed by atoms with van der Waals surface area (Å²) in [5.41, 5.74) is 1.11. The van der Waals surface area contributed by atoms with Crippen LogP contribution < -0.4 is 16.0 Å². The van der Waals surface area contributed by atoms with Crippen LogP contribution in [-0.4, -0.2) is 78.3 Å². The normalized spacial score (nSPS) is 16.4. The molecule has 4 amide bonds. The summed E-state index contributed by atoms with van der Waals surface area (Å²) in [6, 6.07) is 13.6. The third-order valence-corrected chi connectivity index (χ3v) is 7.43. The summed E-state index contributed by atoms with van der Waals surface area (Å²) in [5, 5.41) is 8.25. The van der Waals surface area contributed by atoms with Gasteiger partial charge in [0.2, 0.25) is 23.6 Å². The lowest BCUT2D eigenvalue weighted by atomic mass is 9.86. The molecular formula is C33H44FN5O5. The van der Waals surface area contributed by atoms with Crippen molar-refractivity contribution < 1.29 is 28.3 Å². The Bertz CT molecular complexity index is 1310. The highest BCUT2D eigenvalue weighted by molar-refractivity contribution is 5.94. The average Bonchev–Trinajstić information content (AvgIpc) is 2.99. The average molecular weight is 610 g/mol. The van der Waals surface area contributed by atoms with Crippen LogP contribution in [0, 0.1) is 11.2 Å². The van der Waals surface area contributed by atoms with E-state index in [0.29, 0.717) is 19.6 Å². The van der Waals surface area contributed by atoms with Crippen LogP contribution >= 0.6 is 0 Å². The molecule has 0 fully saturated rings.